The lowest BCUT2D eigenvalue weighted by molar-refractivity contribution is 0.427. The van der Waals surface area contributed by atoms with Crippen LogP contribution in [0.15, 0.2) is 42.6 Å². The summed E-state index contributed by atoms with van der Waals surface area (Å²) in [7, 11) is 0. The predicted octanol–water partition coefficient (Wildman–Crippen LogP) is 2.90. The molecule has 1 fully saturated rings. The van der Waals surface area contributed by atoms with Crippen molar-refractivity contribution in [2.75, 3.05) is 0 Å². The molecule has 3 aromatic rings. The molecule has 100 valence electrons. The van der Waals surface area contributed by atoms with Crippen LogP contribution in [0.5, 0.6) is 5.88 Å². The highest BCUT2D eigenvalue weighted by molar-refractivity contribution is 5.48. The number of fused-ring (bicyclic) bond motifs is 1. The Labute approximate surface area is 116 Å². The molecule has 1 saturated carbocycles. The molecule has 2 heterocycles. The molecule has 0 spiro atoms. The molecule has 1 aliphatic rings. The molecule has 2 aromatic heterocycles. The number of hydrogen-bond donors (Lipinski definition) is 1. The molecule has 0 unspecified atom stereocenters. The van der Waals surface area contributed by atoms with Crippen molar-refractivity contribution in [3.63, 3.8) is 0 Å². The molecule has 20 heavy (non-hydrogen) atoms. The van der Waals surface area contributed by atoms with E-state index in [-0.39, 0.29) is 5.88 Å². The van der Waals surface area contributed by atoms with Gasteiger partial charge in [-0.1, -0.05) is 30.3 Å². The average molecular weight is 265 g/mol. The van der Waals surface area contributed by atoms with Crippen molar-refractivity contribution in [1.29, 1.82) is 0 Å². The highest BCUT2D eigenvalue weighted by Gasteiger charge is 2.30. The van der Waals surface area contributed by atoms with Crippen LogP contribution >= 0.6 is 0 Å². The summed E-state index contributed by atoms with van der Waals surface area (Å²) in [4.78, 5) is 4.69. The normalized spacial score (nSPS) is 14.8. The Bertz CT molecular complexity index is 760. The van der Waals surface area contributed by atoms with Gasteiger partial charge in [-0.25, -0.2) is 4.98 Å². The molecule has 0 radical (unpaired) electrons. The number of benzene rings is 1. The number of aromatic nitrogens is 3. The summed E-state index contributed by atoms with van der Waals surface area (Å²) in [5.74, 6) is 0.727. The average Bonchev–Trinajstić information content (AvgIpc) is 3.21. The Hall–Kier alpha value is -2.36. The first-order chi connectivity index (χ1) is 9.83. The van der Waals surface area contributed by atoms with Crippen molar-refractivity contribution >= 4 is 5.65 Å². The molecule has 0 amide bonds. The van der Waals surface area contributed by atoms with E-state index in [9.17, 15) is 5.11 Å². The minimum Gasteiger partial charge on any atom is -0.493 e. The summed E-state index contributed by atoms with van der Waals surface area (Å²) in [5.41, 5.74) is 3.86. The van der Waals surface area contributed by atoms with Crippen LogP contribution in [0.3, 0.4) is 0 Å². The van der Waals surface area contributed by atoms with E-state index >= 15 is 0 Å². The summed E-state index contributed by atoms with van der Waals surface area (Å²) in [5, 5.41) is 14.7. The fourth-order valence-corrected chi connectivity index (χ4v) is 2.64. The summed E-state index contributed by atoms with van der Waals surface area (Å²) < 4.78 is 1.52. The minimum absolute atomic E-state index is 0.228. The van der Waals surface area contributed by atoms with Gasteiger partial charge in [0.2, 0.25) is 5.88 Å². The van der Waals surface area contributed by atoms with Crippen LogP contribution in [-0.4, -0.2) is 19.7 Å². The zero-order chi connectivity index (χ0) is 13.5. The largest absolute Gasteiger partial charge is 0.493 e. The molecular formula is C16H15N3O. The lowest BCUT2D eigenvalue weighted by Crippen LogP contribution is -2.04. The minimum atomic E-state index is 0.228. The van der Waals surface area contributed by atoms with Gasteiger partial charge in [0.15, 0.2) is 5.65 Å². The van der Waals surface area contributed by atoms with Gasteiger partial charge in [-0.2, -0.15) is 9.61 Å². The fourth-order valence-electron chi connectivity index (χ4n) is 2.64. The second-order valence-corrected chi connectivity index (χ2v) is 5.34. The molecule has 0 saturated heterocycles. The maximum atomic E-state index is 10.5. The summed E-state index contributed by atoms with van der Waals surface area (Å²) >= 11 is 0. The van der Waals surface area contributed by atoms with Gasteiger partial charge in [0.1, 0.15) is 0 Å². The number of aromatic hydroxyl groups is 1. The topological polar surface area (TPSA) is 50.4 Å². The van der Waals surface area contributed by atoms with Gasteiger partial charge >= 0.3 is 0 Å². The van der Waals surface area contributed by atoms with Crippen molar-refractivity contribution in [2.24, 2.45) is 0 Å². The molecule has 4 nitrogen and oxygen atoms in total. The predicted molar refractivity (Wildman–Crippen MR) is 75.9 cm³/mol. The maximum absolute atomic E-state index is 10.5. The van der Waals surface area contributed by atoms with E-state index in [1.54, 1.807) is 6.20 Å². The van der Waals surface area contributed by atoms with E-state index in [2.05, 4.69) is 17.2 Å². The van der Waals surface area contributed by atoms with E-state index in [4.69, 9.17) is 4.98 Å². The Kier molecular flexibility index (Phi) is 2.49. The molecular weight excluding hydrogens is 250 g/mol. The van der Waals surface area contributed by atoms with Crippen LogP contribution in [0.4, 0.5) is 0 Å². The van der Waals surface area contributed by atoms with Gasteiger partial charge in [-0.05, 0) is 18.4 Å². The first kappa shape index (κ1) is 11.5. The third kappa shape index (κ3) is 1.84. The lowest BCUT2D eigenvalue weighted by atomic mass is 10.0. The third-order valence-corrected chi connectivity index (χ3v) is 3.83. The van der Waals surface area contributed by atoms with Gasteiger partial charge < -0.3 is 5.11 Å². The molecule has 4 rings (SSSR count). The summed E-state index contributed by atoms with van der Waals surface area (Å²) in [6.07, 6.45) is 4.70. The summed E-state index contributed by atoms with van der Waals surface area (Å²) in [6.45, 7) is 0. The molecule has 4 heteroatoms. The summed E-state index contributed by atoms with van der Waals surface area (Å²) in [6, 6.07) is 12.0. The highest BCUT2D eigenvalue weighted by Crippen LogP contribution is 2.43. The van der Waals surface area contributed by atoms with Crippen LogP contribution in [0.1, 0.15) is 35.6 Å². The zero-order valence-corrected chi connectivity index (χ0v) is 11.0. The van der Waals surface area contributed by atoms with Gasteiger partial charge in [-0.15, -0.1) is 0 Å². The quantitative estimate of drug-likeness (QED) is 0.792. The van der Waals surface area contributed by atoms with Gasteiger partial charge in [0.05, 0.1) is 11.9 Å². The van der Waals surface area contributed by atoms with Crippen LogP contribution in [-0.2, 0) is 6.42 Å². The van der Waals surface area contributed by atoms with Gasteiger partial charge in [0.25, 0.3) is 0 Å². The van der Waals surface area contributed by atoms with Crippen LogP contribution in [0, 0.1) is 0 Å². The van der Waals surface area contributed by atoms with E-state index in [0.717, 1.165) is 16.9 Å². The van der Waals surface area contributed by atoms with Gasteiger partial charge in [0, 0.05) is 24.0 Å². The SMILES string of the molecule is Oc1c(Cc2ccccc2)c(C2CC2)nc2ccnn12. The molecule has 0 atom stereocenters. The van der Waals surface area contributed by atoms with E-state index < -0.39 is 0 Å². The third-order valence-electron chi connectivity index (χ3n) is 3.83. The van der Waals surface area contributed by atoms with E-state index in [1.807, 2.05) is 24.3 Å². The highest BCUT2D eigenvalue weighted by atomic mass is 16.3. The number of hydrogen-bond acceptors (Lipinski definition) is 3. The molecule has 1 N–H and O–H groups in total. The standard InChI is InChI=1S/C16H15N3O/c20-16-13(10-11-4-2-1-3-5-11)15(12-6-7-12)18-14-8-9-17-19(14)16/h1-5,8-9,12,20H,6-7,10H2. The smallest absolute Gasteiger partial charge is 0.219 e. The Balaban J connectivity index is 1.87. The maximum Gasteiger partial charge on any atom is 0.219 e. The second kappa shape index (κ2) is 4.34. The lowest BCUT2D eigenvalue weighted by Gasteiger charge is -2.11. The van der Waals surface area contributed by atoms with Crippen LogP contribution in [0.2, 0.25) is 0 Å². The Morgan fingerprint density at radius 3 is 2.70 bits per heavy atom. The Morgan fingerprint density at radius 2 is 1.95 bits per heavy atom. The number of rotatable bonds is 3. The molecule has 1 aromatic carbocycles. The second-order valence-electron chi connectivity index (χ2n) is 5.34. The van der Waals surface area contributed by atoms with Crippen molar-refractivity contribution in [1.82, 2.24) is 14.6 Å². The van der Waals surface area contributed by atoms with E-state index in [0.29, 0.717) is 12.3 Å². The zero-order valence-electron chi connectivity index (χ0n) is 11.0. The van der Waals surface area contributed by atoms with Crippen LogP contribution < -0.4 is 0 Å². The van der Waals surface area contributed by atoms with Gasteiger partial charge in [-0.3, -0.25) is 0 Å². The molecule has 0 bridgehead atoms. The van der Waals surface area contributed by atoms with E-state index in [1.165, 1.54) is 22.9 Å². The molecule has 1 aliphatic carbocycles. The monoisotopic (exact) mass is 265 g/mol. The Morgan fingerprint density at radius 1 is 1.15 bits per heavy atom. The van der Waals surface area contributed by atoms with Crippen molar-refractivity contribution in [3.8, 4) is 5.88 Å². The number of nitrogens with zero attached hydrogens (tertiary/aromatic N) is 3. The van der Waals surface area contributed by atoms with Crippen molar-refractivity contribution < 1.29 is 5.11 Å². The molecule has 0 aliphatic heterocycles. The fraction of sp³-hybridized carbons (Fsp3) is 0.250. The van der Waals surface area contributed by atoms with Crippen LogP contribution in [0.25, 0.3) is 5.65 Å². The first-order valence-corrected chi connectivity index (χ1v) is 6.92. The first-order valence-electron chi connectivity index (χ1n) is 6.92. The van der Waals surface area contributed by atoms with Crippen molar-refractivity contribution in [2.45, 2.75) is 25.2 Å². The van der Waals surface area contributed by atoms with Crippen molar-refractivity contribution in [3.05, 3.63) is 59.4 Å².